The second kappa shape index (κ2) is 7.28. The summed E-state index contributed by atoms with van der Waals surface area (Å²) in [5.41, 5.74) is 3.84. The summed E-state index contributed by atoms with van der Waals surface area (Å²) >= 11 is 5.01. The molecule has 140 valence electrons. The van der Waals surface area contributed by atoms with Crippen LogP contribution >= 0.6 is 27.7 Å². The maximum atomic E-state index is 12.9. The lowest BCUT2D eigenvalue weighted by molar-refractivity contribution is 0.102. The molecule has 5 nitrogen and oxygen atoms in total. The summed E-state index contributed by atoms with van der Waals surface area (Å²) < 4.78 is 5.31. The molecule has 2 aromatic heterocycles. The van der Waals surface area contributed by atoms with Gasteiger partial charge in [0.05, 0.1) is 5.75 Å². The minimum atomic E-state index is 0.123. The molecule has 1 aliphatic carbocycles. The summed E-state index contributed by atoms with van der Waals surface area (Å²) in [6.07, 6.45) is 2.35. The number of hydrogen-bond donors (Lipinski definition) is 0. The molecule has 1 saturated carbocycles. The Bertz CT molecular complexity index is 1020. The second-order valence-corrected chi connectivity index (χ2v) is 8.80. The fourth-order valence-electron chi connectivity index (χ4n) is 3.47. The third kappa shape index (κ3) is 3.62. The Morgan fingerprint density at radius 2 is 2.00 bits per heavy atom. The highest BCUT2D eigenvalue weighted by Crippen LogP contribution is 2.38. The molecule has 0 saturated heterocycles. The molecular formula is C20H21BrN4OS. The average molecular weight is 445 g/mol. The highest BCUT2D eigenvalue weighted by atomic mass is 79.9. The number of ketones is 1. The molecule has 0 amide bonds. The molecule has 7 heteroatoms. The number of rotatable bonds is 6. The first kappa shape index (κ1) is 18.5. The Balaban J connectivity index is 1.55. The van der Waals surface area contributed by atoms with Crippen LogP contribution in [0.25, 0.3) is 5.69 Å². The van der Waals surface area contributed by atoms with Gasteiger partial charge in [-0.1, -0.05) is 33.8 Å². The number of benzene rings is 1. The predicted molar refractivity (Wildman–Crippen MR) is 111 cm³/mol. The number of hydrogen-bond acceptors (Lipinski definition) is 4. The van der Waals surface area contributed by atoms with Crippen LogP contribution in [0.15, 0.2) is 40.0 Å². The van der Waals surface area contributed by atoms with Gasteiger partial charge in [-0.3, -0.25) is 4.79 Å². The van der Waals surface area contributed by atoms with Crippen LogP contribution in [0.3, 0.4) is 0 Å². The SMILES string of the molecule is Cc1cc(C(=O)CSc2nnc(C)n2C2CC2)c(C)n1-c1cccc(Br)c1. The number of aryl methyl sites for hydroxylation is 2. The van der Waals surface area contributed by atoms with E-state index in [-0.39, 0.29) is 5.78 Å². The van der Waals surface area contributed by atoms with E-state index in [1.807, 2.05) is 39.0 Å². The highest BCUT2D eigenvalue weighted by molar-refractivity contribution is 9.10. The molecular weight excluding hydrogens is 424 g/mol. The van der Waals surface area contributed by atoms with Crippen LogP contribution in [-0.4, -0.2) is 30.9 Å². The minimum Gasteiger partial charge on any atom is -0.318 e. The van der Waals surface area contributed by atoms with Crippen LogP contribution in [0.5, 0.6) is 0 Å². The third-order valence-corrected chi connectivity index (χ3v) is 6.31. The van der Waals surface area contributed by atoms with Gasteiger partial charge in [0.15, 0.2) is 10.9 Å². The van der Waals surface area contributed by atoms with Crippen molar-refractivity contribution in [2.24, 2.45) is 0 Å². The number of nitrogens with zero attached hydrogens (tertiary/aromatic N) is 4. The molecule has 1 fully saturated rings. The Hall–Kier alpha value is -1.86. The largest absolute Gasteiger partial charge is 0.318 e. The summed E-state index contributed by atoms with van der Waals surface area (Å²) in [4.78, 5) is 12.9. The minimum absolute atomic E-state index is 0.123. The van der Waals surface area contributed by atoms with E-state index in [9.17, 15) is 4.79 Å². The maximum Gasteiger partial charge on any atom is 0.191 e. The number of halogens is 1. The number of thioether (sulfide) groups is 1. The van der Waals surface area contributed by atoms with Crippen LogP contribution < -0.4 is 0 Å². The van der Waals surface area contributed by atoms with Crippen molar-refractivity contribution in [1.29, 1.82) is 0 Å². The van der Waals surface area contributed by atoms with Gasteiger partial charge in [0.1, 0.15) is 5.82 Å². The fraction of sp³-hybridized carbons (Fsp3) is 0.350. The van der Waals surface area contributed by atoms with Crippen molar-refractivity contribution in [1.82, 2.24) is 19.3 Å². The summed E-state index contributed by atoms with van der Waals surface area (Å²) in [6.45, 7) is 6.01. The molecule has 27 heavy (non-hydrogen) atoms. The van der Waals surface area contributed by atoms with Crippen molar-refractivity contribution in [2.75, 3.05) is 5.75 Å². The zero-order valence-corrected chi connectivity index (χ0v) is 18.0. The molecule has 1 aromatic carbocycles. The molecule has 0 N–H and O–H groups in total. The average Bonchev–Trinajstić information content (AvgIpc) is 3.33. The van der Waals surface area contributed by atoms with E-state index in [1.165, 1.54) is 24.6 Å². The monoisotopic (exact) mass is 444 g/mol. The lowest BCUT2D eigenvalue weighted by atomic mass is 10.2. The molecule has 0 aliphatic heterocycles. The van der Waals surface area contributed by atoms with E-state index in [2.05, 4.69) is 47.4 Å². The van der Waals surface area contributed by atoms with E-state index < -0.39 is 0 Å². The van der Waals surface area contributed by atoms with Crippen LogP contribution in [0.4, 0.5) is 0 Å². The van der Waals surface area contributed by atoms with E-state index in [0.717, 1.165) is 38.1 Å². The first-order valence-corrected chi connectivity index (χ1v) is 10.8. The number of carbonyl (C=O) groups excluding carboxylic acids is 1. The molecule has 2 heterocycles. The van der Waals surface area contributed by atoms with Crippen molar-refractivity contribution >= 4 is 33.5 Å². The molecule has 0 bridgehead atoms. The van der Waals surface area contributed by atoms with Crippen LogP contribution in [0.2, 0.25) is 0 Å². The van der Waals surface area contributed by atoms with Gasteiger partial charge < -0.3 is 9.13 Å². The topological polar surface area (TPSA) is 52.7 Å². The van der Waals surface area contributed by atoms with Crippen LogP contribution in [-0.2, 0) is 0 Å². The Morgan fingerprint density at radius 3 is 2.70 bits per heavy atom. The number of aromatic nitrogens is 4. The van der Waals surface area contributed by atoms with E-state index in [0.29, 0.717) is 11.8 Å². The van der Waals surface area contributed by atoms with Crippen LogP contribution in [0.1, 0.15) is 46.5 Å². The Kier molecular flexibility index (Phi) is 4.99. The second-order valence-electron chi connectivity index (χ2n) is 6.94. The van der Waals surface area contributed by atoms with Crippen molar-refractivity contribution in [2.45, 2.75) is 44.8 Å². The molecule has 0 unspecified atom stereocenters. The van der Waals surface area contributed by atoms with Crippen molar-refractivity contribution < 1.29 is 4.79 Å². The standard InChI is InChI=1S/C20H21BrN4OS/c1-12-9-18(13(2)24(12)17-6-4-5-15(21)10-17)19(26)11-27-20-23-22-14(3)25(20)16-7-8-16/h4-6,9-10,16H,7-8,11H2,1-3H3. The van der Waals surface area contributed by atoms with E-state index in [4.69, 9.17) is 0 Å². The molecule has 1 aliphatic rings. The van der Waals surface area contributed by atoms with Gasteiger partial charge in [0, 0.05) is 33.2 Å². The zero-order valence-electron chi connectivity index (χ0n) is 15.6. The zero-order chi connectivity index (χ0) is 19.1. The fourth-order valence-corrected chi connectivity index (χ4v) is 4.79. The van der Waals surface area contributed by atoms with Crippen LogP contribution in [0, 0.1) is 20.8 Å². The summed E-state index contributed by atoms with van der Waals surface area (Å²) in [7, 11) is 0. The van der Waals surface area contributed by atoms with Gasteiger partial charge in [0.25, 0.3) is 0 Å². The van der Waals surface area contributed by atoms with Crippen molar-refractivity contribution in [3.63, 3.8) is 0 Å². The van der Waals surface area contributed by atoms with Crippen molar-refractivity contribution in [3.8, 4) is 5.69 Å². The van der Waals surface area contributed by atoms with Gasteiger partial charge in [0.2, 0.25) is 0 Å². The van der Waals surface area contributed by atoms with Gasteiger partial charge in [-0.05, 0) is 57.9 Å². The van der Waals surface area contributed by atoms with Gasteiger partial charge in [-0.2, -0.15) is 0 Å². The Labute approximate surface area is 171 Å². The summed E-state index contributed by atoms with van der Waals surface area (Å²) in [6, 6.07) is 10.6. The summed E-state index contributed by atoms with van der Waals surface area (Å²) in [5.74, 6) is 1.42. The molecule has 3 aromatic rings. The number of carbonyl (C=O) groups is 1. The van der Waals surface area contributed by atoms with E-state index in [1.54, 1.807) is 0 Å². The quantitative estimate of drug-likeness (QED) is 0.393. The Morgan fingerprint density at radius 1 is 1.22 bits per heavy atom. The lowest BCUT2D eigenvalue weighted by Gasteiger charge is -2.10. The highest BCUT2D eigenvalue weighted by Gasteiger charge is 2.28. The molecule has 0 radical (unpaired) electrons. The number of Topliss-reactive ketones (excluding diaryl/α,β-unsaturated/α-hetero) is 1. The normalized spacial score (nSPS) is 13.9. The van der Waals surface area contributed by atoms with E-state index >= 15 is 0 Å². The third-order valence-electron chi connectivity index (χ3n) is 4.88. The first-order chi connectivity index (χ1) is 13.0. The first-order valence-electron chi connectivity index (χ1n) is 8.98. The lowest BCUT2D eigenvalue weighted by Crippen LogP contribution is -2.07. The smallest absolute Gasteiger partial charge is 0.191 e. The van der Waals surface area contributed by atoms with Gasteiger partial charge in [-0.15, -0.1) is 10.2 Å². The van der Waals surface area contributed by atoms with Crippen molar-refractivity contribution in [3.05, 3.63) is 57.6 Å². The summed E-state index contributed by atoms with van der Waals surface area (Å²) in [5, 5.41) is 9.29. The predicted octanol–water partition coefficient (Wildman–Crippen LogP) is 5.07. The molecule has 4 rings (SSSR count). The van der Waals surface area contributed by atoms with Gasteiger partial charge in [-0.25, -0.2) is 0 Å². The maximum absolute atomic E-state index is 12.9. The molecule has 0 atom stereocenters. The van der Waals surface area contributed by atoms with Gasteiger partial charge >= 0.3 is 0 Å². The molecule has 0 spiro atoms.